The van der Waals surface area contributed by atoms with Crippen LogP contribution in [0.3, 0.4) is 0 Å². The summed E-state index contributed by atoms with van der Waals surface area (Å²) < 4.78 is 4.98. The van der Waals surface area contributed by atoms with Crippen molar-refractivity contribution in [3.8, 4) is 0 Å². The number of benzene rings is 3. The Kier molecular flexibility index (Phi) is 6.07. The van der Waals surface area contributed by atoms with Gasteiger partial charge in [0, 0.05) is 22.6 Å². The second kappa shape index (κ2) is 8.86. The number of anilines is 3. The quantitative estimate of drug-likeness (QED) is 0.584. The number of nitrogens with one attached hydrogen (secondary N) is 2. The van der Waals surface area contributed by atoms with Gasteiger partial charge in [0.1, 0.15) is 0 Å². The van der Waals surface area contributed by atoms with Gasteiger partial charge in [0.05, 0.1) is 12.2 Å². The summed E-state index contributed by atoms with van der Waals surface area (Å²) in [4.78, 5) is 24.0. The smallest absolute Gasteiger partial charge is 0.338 e. The molecule has 0 aliphatic heterocycles. The average Bonchev–Trinajstić information content (AvgIpc) is 2.70. The molecule has 3 rings (SSSR count). The van der Waals surface area contributed by atoms with Crippen LogP contribution in [0.4, 0.5) is 17.1 Å². The highest BCUT2D eigenvalue weighted by molar-refractivity contribution is 6.04. The van der Waals surface area contributed by atoms with Gasteiger partial charge in [-0.3, -0.25) is 4.79 Å². The largest absolute Gasteiger partial charge is 0.462 e. The summed E-state index contributed by atoms with van der Waals surface area (Å²) in [7, 11) is 0. The SMILES string of the molecule is CCOC(=O)c1ccc(Nc2ccc(NC(=O)c3cccc(C)c3)cc2)cc1. The van der Waals surface area contributed by atoms with Crippen molar-refractivity contribution >= 4 is 28.9 Å². The lowest BCUT2D eigenvalue weighted by Gasteiger charge is -2.10. The molecular formula is C23H22N2O3. The summed E-state index contributed by atoms with van der Waals surface area (Å²) in [6.45, 7) is 4.09. The van der Waals surface area contributed by atoms with E-state index in [9.17, 15) is 9.59 Å². The van der Waals surface area contributed by atoms with Crippen LogP contribution in [0.2, 0.25) is 0 Å². The van der Waals surface area contributed by atoms with Crippen LogP contribution in [0.1, 0.15) is 33.2 Å². The fourth-order valence-electron chi connectivity index (χ4n) is 2.70. The third-order valence-electron chi connectivity index (χ3n) is 4.11. The van der Waals surface area contributed by atoms with Crippen LogP contribution < -0.4 is 10.6 Å². The molecule has 2 N–H and O–H groups in total. The molecule has 0 bridgehead atoms. The van der Waals surface area contributed by atoms with E-state index in [2.05, 4.69) is 10.6 Å². The van der Waals surface area contributed by atoms with E-state index in [1.807, 2.05) is 61.5 Å². The highest BCUT2D eigenvalue weighted by atomic mass is 16.5. The van der Waals surface area contributed by atoms with E-state index < -0.39 is 0 Å². The van der Waals surface area contributed by atoms with Crippen LogP contribution in [0.15, 0.2) is 72.8 Å². The van der Waals surface area contributed by atoms with E-state index in [1.165, 1.54) is 0 Å². The van der Waals surface area contributed by atoms with Crippen LogP contribution in [0, 0.1) is 6.92 Å². The molecule has 1 amide bonds. The van der Waals surface area contributed by atoms with Crippen LogP contribution >= 0.6 is 0 Å². The first-order valence-electron chi connectivity index (χ1n) is 9.07. The van der Waals surface area contributed by atoms with Crippen molar-refractivity contribution < 1.29 is 14.3 Å². The Morgan fingerprint density at radius 2 is 1.43 bits per heavy atom. The first kappa shape index (κ1) is 19.2. The van der Waals surface area contributed by atoms with Gasteiger partial charge in [0.25, 0.3) is 5.91 Å². The Labute approximate surface area is 164 Å². The van der Waals surface area contributed by atoms with E-state index in [-0.39, 0.29) is 11.9 Å². The van der Waals surface area contributed by atoms with E-state index in [4.69, 9.17) is 4.74 Å². The fraction of sp³-hybridized carbons (Fsp3) is 0.130. The molecule has 3 aromatic carbocycles. The second-order valence-electron chi connectivity index (χ2n) is 6.32. The lowest BCUT2D eigenvalue weighted by molar-refractivity contribution is 0.0526. The maximum Gasteiger partial charge on any atom is 0.338 e. The van der Waals surface area contributed by atoms with E-state index in [0.29, 0.717) is 17.7 Å². The lowest BCUT2D eigenvalue weighted by atomic mass is 10.1. The van der Waals surface area contributed by atoms with Gasteiger partial charge in [-0.25, -0.2) is 4.79 Å². The zero-order chi connectivity index (χ0) is 19.9. The molecule has 0 aliphatic rings. The molecular weight excluding hydrogens is 352 g/mol. The number of hydrogen-bond acceptors (Lipinski definition) is 4. The average molecular weight is 374 g/mol. The number of rotatable bonds is 6. The van der Waals surface area contributed by atoms with Gasteiger partial charge in [-0.1, -0.05) is 17.7 Å². The summed E-state index contributed by atoms with van der Waals surface area (Å²) in [5, 5.41) is 6.15. The van der Waals surface area contributed by atoms with Gasteiger partial charge in [-0.05, 0) is 74.5 Å². The Balaban J connectivity index is 1.61. The predicted molar refractivity (Wildman–Crippen MR) is 111 cm³/mol. The number of carbonyl (C=O) groups excluding carboxylic acids is 2. The summed E-state index contributed by atoms with van der Waals surface area (Å²) in [5.74, 6) is -0.471. The molecule has 0 fully saturated rings. The predicted octanol–water partition coefficient (Wildman–Crippen LogP) is 5.17. The topological polar surface area (TPSA) is 67.4 Å². The van der Waals surface area contributed by atoms with Crippen molar-refractivity contribution in [2.75, 3.05) is 17.2 Å². The Hall–Kier alpha value is -3.60. The number of amides is 1. The van der Waals surface area contributed by atoms with E-state index in [0.717, 1.165) is 22.6 Å². The van der Waals surface area contributed by atoms with Crippen LogP contribution in [-0.4, -0.2) is 18.5 Å². The lowest BCUT2D eigenvalue weighted by Crippen LogP contribution is -2.11. The van der Waals surface area contributed by atoms with Crippen LogP contribution in [0.25, 0.3) is 0 Å². The zero-order valence-electron chi connectivity index (χ0n) is 15.9. The Bertz CT molecular complexity index is 964. The van der Waals surface area contributed by atoms with E-state index in [1.54, 1.807) is 25.1 Å². The van der Waals surface area contributed by atoms with Gasteiger partial charge >= 0.3 is 5.97 Å². The number of aryl methyl sites for hydroxylation is 1. The molecule has 0 saturated carbocycles. The number of esters is 1. The highest BCUT2D eigenvalue weighted by Crippen LogP contribution is 2.20. The highest BCUT2D eigenvalue weighted by Gasteiger charge is 2.07. The minimum Gasteiger partial charge on any atom is -0.462 e. The minimum atomic E-state index is -0.331. The molecule has 5 heteroatoms. The maximum atomic E-state index is 12.3. The van der Waals surface area contributed by atoms with Crippen molar-refractivity contribution in [1.29, 1.82) is 0 Å². The number of hydrogen-bond donors (Lipinski definition) is 2. The van der Waals surface area contributed by atoms with Gasteiger partial charge in [0.15, 0.2) is 0 Å². The fourth-order valence-corrected chi connectivity index (χ4v) is 2.70. The number of carbonyl (C=O) groups is 2. The van der Waals surface area contributed by atoms with Crippen LogP contribution in [-0.2, 0) is 4.74 Å². The Morgan fingerprint density at radius 1 is 0.821 bits per heavy atom. The van der Waals surface area contributed by atoms with Crippen molar-refractivity contribution in [1.82, 2.24) is 0 Å². The molecule has 0 radical (unpaired) electrons. The van der Waals surface area contributed by atoms with Crippen molar-refractivity contribution in [3.63, 3.8) is 0 Å². The van der Waals surface area contributed by atoms with Crippen molar-refractivity contribution in [2.24, 2.45) is 0 Å². The molecule has 0 spiro atoms. The standard InChI is InChI=1S/C23H22N2O3/c1-3-28-23(27)17-7-9-19(10-8-17)24-20-11-13-21(14-12-20)25-22(26)18-6-4-5-16(2)15-18/h4-15,24H,3H2,1-2H3,(H,25,26). The second-order valence-corrected chi connectivity index (χ2v) is 6.32. The summed E-state index contributed by atoms with van der Waals surface area (Å²) in [6.07, 6.45) is 0. The molecule has 0 saturated heterocycles. The molecule has 0 aromatic heterocycles. The summed E-state index contributed by atoms with van der Waals surface area (Å²) in [6, 6.07) is 22.0. The molecule has 0 aliphatic carbocycles. The van der Waals surface area contributed by atoms with Gasteiger partial charge in [-0.15, -0.1) is 0 Å². The molecule has 0 unspecified atom stereocenters. The maximum absolute atomic E-state index is 12.3. The van der Waals surface area contributed by atoms with Gasteiger partial charge < -0.3 is 15.4 Å². The first-order valence-corrected chi connectivity index (χ1v) is 9.07. The summed E-state index contributed by atoms with van der Waals surface area (Å²) >= 11 is 0. The van der Waals surface area contributed by atoms with Gasteiger partial charge in [0.2, 0.25) is 0 Å². The summed E-state index contributed by atoms with van der Waals surface area (Å²) in [5.41, 5.74) is 4.63. The van der Waals surface area contributed by atoms with Crippen LogP contribution in [0.5, 0.6) is 0 Å². The van der Waals surface area contributed by atoms with Crippen molar-refractivity contribution in [2.45, 2.75) is 13.8 Å². The zero-order valence-corrected chi connectivity index (χ0v) is 15.9. The normalized spacial score (nSPS) is 10.2. The third kappa shape index (κ3) is 4.98. The third-order valence-corrected chi connectivity index (χ3v) is 4.11. The number of ether oxygens (including phenoxy) is 1. The Morgan fingerprint density at radius 3 is 2.04 bits per heavy atom. The first-order chi connectivity index (χ1) is 13.5. The molecule has 0 atom stereocenters. The minimum absolute atomic E-state index is 0.140. The molecule has 142 valence electrons. The molecule has 28 heavy (non-hydrogen) atoms. The van der Waals surface area contributed by atoms with Crippen molar-refractivity contribution in [3.05, 3.63) is 89.5 Å². The molecule has 0 heterocycles. The molecule has 3 aromatic rings. The van der Waals surface area contributed by atoms with Gasteiger partial charge in [-0.2, -0.15) is 0 Å². The van der Waals surface area contributed by atoms with E-state index >= 15 is 0 Å². The molecule has 5 nitrogen and oxygen atoms in total. The monoisotopic (exact) mass is 374 g/mol.